The van der Waals surface area contributed by atoms with Crippen molar-refractivity contribution in [3.63, 3.8) is 0 Å². The van der Waals surface area contributed by atoms with Gasteiger partial charge in [-0.2, -0.15) is 0 Å². The number of carbonyl (C=O) groups is 2. The van der Waals surface area contributed by atoms with Crippen molar-refractivity contribution in [3.8, 4) is 0 Å². The van der Waals surface area contributed by atoms with Crippen molar-refractivity contribution >= 4 is 17.8 Å². The Morgan fingerprint density at radius 2 is 2.54 bits per heavy atom. The zero-order valence-corrected chi connectivity index (χ0v) is 6.60. The van der Waals surface area contributed by atoms with Gasteiger partial charge in [-0.15, -0.1) is 0 Å². The van der Waals surface area contributed by atoms with Gasteiger partial charge in [-0.05, 0) is 0 Å². The van der Waals surface area contributed by atoms with Crippen LogP contribution in [0.3, 0.4) is 0 Å². The van der Waals surface area contributed by atoms with E-state index in [0.29, 0.717) is 5.96 Å². The molecule has 13 heavy (non-hydrogen) atoms. The summed E-state index contributed by atoms with van der Waals surface area (Å²) in [4.78, 5) is 26.8. The lowest BCUT2D eigenvalue weighted by molar-refractivity contribution is -0.138. The van der Waals surface area contributed by atoms with Gasteiger partial charge in [0.1, 0.15) is 0 Å². The summed E-state index contributed by atoms with van der Waals surface area (Å²) in [7, 11) is 0. The zero-order chi connectivity index (χ0) is 9.42. The van der Waals surface area contributed by atoms with E-state index in [2.05, 4.69) is 10.3 Å². The minimum Gasteiger partial charge on any atom is -0.480 e. The number of carboxylic acids is 1. The number of hydrogen-bond donors (Lipinski definition) is 2. The van der Waals surface area contributed by atoms with Crippen molar-refractivity contribution in [1.82, 2.24) is 10.2 Å². The first-order chi connectivity index (χ1) is 6.16. The highest BCUT2D eigenvalue weighted by molar-refractivity contribution is 6.06. The molecule has 0 saturated heterocycles. The van der Waals surface area contributed by atoms with Gasteiger partial charge in [0.05, 0.1) is 6.54 Å². The summed E-state index contributed by atoms with van der Waals surface area (Å²) < 4.78 is 0. The SMILES string of the molecule is O=C1C=CN2CC(C(=O)O)N=C2N1. The van der Waals surface area contributed by atoms with Crippen LogP contribution in [0, 0.1) is 0 Å². The molecule has 0 aromatic carbocycles. The molecule has 0 bridgehead atoms. The quantitative estimate of drug-likeness (QED) is 0.529. The van der Waals surface area contributed by atoms with Crippen LogP contribution in [0.2, 0.25) is 0 Å². The van der Waals surface area contributed by atoms with Crippen molar-refractivity contribution in [2.75, 3.05) is 6.54 Å². The number of nitrogens with one attached hydrogen (secondary N) is 1. The molecule has 6 heteroatoms. The molecule has 0 fully saturated rings. The van der Waals surface area contributed by atoms with E-state index >= 15 is 0 Å². The topological polar surface area (TPSA) is 82.0 Å². The minimum atomic E-state index is -0.982. The molecule has 0 aliphatic carbocycles. The standard InChI is InChI=1S/C7H7N3O3/c11-5-1-2-10-3-4(6(12)13)8-7(10)9-5/h1-2,4H,3H2,(H,12,13)(H,8,9,11). The van der Waals surface area contributed by atoms with Crippen molar-refractivity contribution in [2.45, 2.75) is 6.04 Å². The van der Waals surface area contributed by atoms with Gasteiger partial charge in [-0.3, -0.25) is 10.1 Å². The summed E-state index contributed by atoms with van der Waals surface area (Å²) in [5, 5.41) is 11.1. The third-order valence-corrected chi connectivity index (χ3v) is 1.85. The largest absolute Gasteiger partial charge is 0.480 e. The van der Waals surface area contributed by atoms with E-state index in [1.54, 1.807) is 4.90 Å². The van der Waals surface area contributed by atoms with Gasteiger partial charge in [0.25, 0.3) is 5.91 Å². The highest BCUT2D eigenvalue weighted by Crippen LogP contribution is 2.10. The third-order valence-electron chi connectivity index (χ3n) is 1.85. The Bertz CT molecular complexity index is 334. The predicted octanol–water partition coefficient (Wildman–Crippen LogP) is -1.25. The Labute approximate surface area is 73.5 Å². The molecule has 2 rings (SSSR count). The van der Waals surface area contributed by atoms with Crippen LogP contribution in [0.15, 0.2) is 17.3 Å². The van der Waals surface area contributed by atoms with Crippen LogP contribution < -0.4 is 5.32 Å². The molecular weight excluding hydrogens is 174 g/mol. The first kappa shape index (κ1) is 7.78. The Balaban J connectivity index is 2.22. The molecule has 0 spiro atoms. The average molecular weight is 181 g/mol. The fourth-order valence-electron chi connectivity index (χ4n) is 1.21. The number of aliphatic carboxylic acids is 1. The smallest absolute Gasteiger partial charge is 0.330 e. The monoisotopic (exact) mass is 181 g/mol. The molecule has 0 aromatic rings. The normalized spacial score (nSPS) is 25.2. The maximum absolute atomic E-state index is 10.8. The van der Waals surface area contributed by atoms with Gasteiger partial charge in [0, 0.05) is 12.3 Å². The van der Waals surface area contributed by atoms with Crippen LogP contribution >= 0.6 is 0 Å². The van der Waals surface area contributed by atoms with Crippen molar-refractivity contribution in [3.05, 3.63) is 12.3 Å². The minimum absolute atomic E-state index is 0.277. The number of carboxylic acid groups (broad SMARTS) is 1. The van der Waals surface area contributed by atoms with Crippen LogP contribution in [0.5, 0.6) is 0 Å². The lowest BCUT2D eigenvalue weighted by Crippen LogP contribution is -2.42. The van der Waals surface area contributed by atoms with Crippen molar-refractivity contribution < 1.29 is 14.7 Å². The summed E-state index contributed by atoms with van der Waals surface area (Å²) >= 11 is 0. The molecule has 1 unspecified atom stereocenters. The molecule has 2 N–H and O–H groups in total. The van der Waals surface area contributed by atoms with Gasteiger partial charge in [-0.25, -0.2) is 9.79 Å². The van der Waals surface area contributed by atoms with E-state index in [1.807, 2.05) is 0 Å². The fraction of sp³-hybridized carbons (Fsp3) is 0.286. The number of guanidine groups is 1. The number of nitrogens with zero attached hydrogens (tertiary/aromatic N) is 2. The van der Waals surface area contributed by atoms with Crippen molar-refractivity contribution in [2.24, 2.45) is 4.99 Å². The highest BCUT2D eigenvalue weighted by atomic mass is 16.4. The number of fused-ring (bicyclic) bond motifs is 1. The van der Waals surface area contributed by atoms with Gasteiger partial charge in [0.2, 0.25) is 5.96 Å². The number of hydrogen-bond acceptors (Lipinski definition) is 4. The van der Waals surface area contributed by atoms with E-state index < -0.39 is 12.0 Å². The molecule has 1 amide bonds. The van der Waals surface area contributed by atoms with E-state index in [1.165, 1.54) is 12.3 Å². The number of carbonyl (C=O) groups excluding carboxylic acids is 1. The molecule has 2 aliphatic rings. The second-order valence-electron chi connectivity index (χ2n) is 2.76. The third kappa shape index (κ3) is 1.26. The molecule has 0 radical (unpaired) electrons. The van der Waals surface area contributed by atoms with Gasteiger partial charge < -0.3 is 10.0 Å². The molecule has 1 atom stereocenters. The molecule has 6 nitrogen and oxygen atoms in total. The van der Waals surface area contributed by atoms with Crippen LogP contribution in [0.1, 0.15) is 0 Å². The lowest BCUT2D eigenvalue weighted by Gasteiger charge is -2.18. The molecule has 0 aromatic heterocycles. The average Bonchev–Trinajstić information content (AvgIpc) is 2.46. The Kier molecular flexibility index (Phi) is 1.54. The van der Waals surface area contributed by atoms with Crippen LogP contribution in [0.25, 0.3) is 0 Å². The van der Waals surface area contributed by atoms with E-state index in [0.717, 1.165) is 0 Å². The number of amides is 1. The Hall–Kier alpha value is -1.85. The molecule has 2 aliphatic heterocycles. The lowest BCUT2D eigenvalue weighted by atomic mass is 10.3. The molecular formula is C7H7N3O3. The first-order valence-corrected chi connectivity index (χ1v) is 3.73. The van der Waals surface area contributed by atoms with Gasteiger partial charge >= 0.3 is 5.97 Å². The molecule has 0 saturated carbocycles. The number of aliphatic imine (C=N–C) groups is 1. The van der Waals surface area contributed by atoms with E-state index in [9.17, 15) is 9.59 Å². The maximum atomic E-state index is 10.8. The van der Waals surface area contributed by atoms with E-state index in [-0.39, 0.29) is 12.5 Å². The van der Waals surface area contributed by atoms with Crippen LogP contribution in [0.4, 0.5) is 0 Å². The summed E-state index contributed by atoms with van der Waals surface area (Å²) in [5.74, 6) is -0.939. The van der Waals surface area contributed by atoms with Crippen LogP contribution in [-0.4, -0.2) is 40.4 Å². The fourth-order valence-corrected chi connectivity index (χ4v) is 1.21. The second-order valence-corrected chi connectivity index (χ2v) is 2.76. The second kappa shape index (κ2) is 2.58. The maximum Gasteiger partial charge on any atom is 0.330 e. The summed E-state index contributed by atoms with van der Waals surface area (Å²) in [6.45, 7) is 0.279. The Morgan fingerprint density at radius 1 is 1.77 bits per heavy atom. The zero-order valence-electron chi connectivity index (χ0n) is 6.60. The number of rotatable bonds is 1. The summed E-state index contributed by atoms with van der Waals surface area (Å²) in [5.41, 5.74) is 0. The van der Waals surface area contributed by atoms with Crippen LogP contribution in [-0.2, 0) is 9.59 Å². The van der Waals surface area contributed by atoms with Gasteiger partial charge in [-0.1, -0.05) is 0 Å². The van der Waals surface area contributed by atoms with E-state index in [4.69, 9.17) is 5.11 Å². The van der Waals surface area contributed by atoms with Crippen molar-refractivity contribution in [1.29, 1.82) is 0 Å². The first-order valence-electron chi connectivity index (χ1n) is 3.73. The molecule has 2 heterocycles. The summed E-state index contributed by atoms with van der Waals surface area (Å²) in [6.07, 6.45) is 2.86. The Morgan fingerprint density at radius 3 is 3.23 bits per heavy atom. The summed E-state index contributed by atoms with van der Waals surface area (Å²) in [6, 6.07) is -0.780. The highest BCUT2D eigenvalue weighted by Gasteiger charge is 2.31. The molecule has 68 valence electrons. The predicted molar refractivity (Wildman–Crippen MR) is 42.8 cm³/mol. The van der Waals surface area contributed by atoms with Gasteiger partial charge in [0.15, 0.2) is 6.04 Å².